The minimum Gasteiger partial charge on any atom is -0.313 e. The number of nitrogens with one attached hydrogen (secondary N) is 1. The highest BCUT2D eigenvalue weighted by Gasteiger charge is 2.25. The van der Waals surface area contributed by atoms with Gasteiger partial charge in [0.15, 0.2) is 0 Å². The Balaban J connectivity index is 2.34. The monoisotopic (exact) mass is 243 g/mol. The Kier molecular flexibility index (Phi) is 7.55. The molecular weight excluding hydrogens is 214 g/mol. The first-order valence-corrected chi connectivity index (χ1v) is 8.24. The van der Waals surface area contributed by atoms with Gasteiger partial charge < -0.3 is 5.32 Å². The molecule has 0 spiro atoms. The Hall–Kier alpha value is 0.310. The zero-order chi connectivity index (χ0) is 11.8. The van der Waals surface area contributed by atoms with Crippen molar-refractivity contribution in [2.45, 2.75) is 58.9 Å². The molecule has 0 aromatic rings. The molecule has 16 heavy (non-hydrogen) atoms. The molecule has 1 saturated carbocycles. The zero-order valence-corrected chi connectivity index (χ0v) is 12.1. The fourth-order valence-corrected chi connectivity index (χ4v) is 3.50. The van der Waals surface area contributed by atoms with Crippen LogP contribution in [0.3, 0.4) is 0 Å². The van der Waals surface area contributed by atoms with E-state index in [4.69, 9.17) is 0 Å². The molecule has 1 fully saturated rings. The van der Waals surface area contributed by atoms with Crippen LogP contribution >= 0.6 is 11.8 Å². The lowest BCUT2D eigenvalue weighted by molar-refractivity contribution is 0.242. The van der Waals surface area contributed by atoms with Crippen molar-refractivity contribution in [3.8, 4) is 0 Å². The minimum absolute atomic E-state index is 0.775. The summed E-state index contributed by atoms with van der Waals surface area (Å²) in [4.78, 5) is 0. The first-order valence-electron chi connectivity index (χ1n) is 7.09. The molecule has 1 nitrogen and oxygen atoms in total. The number of hydrogen-bond donors (Lipinski definition) is 1. The van der Waals surface area contributed by atoms with E-state index in [0.29, 0.717) is 0 Å². The Morgan fingerprint density at radius 1 is 1.19 bits per heavy atom. The highest BCUT2D eigenvalue weighted by Crippen LogP contribution is 2.31. The number of rotatable bonds is 7. The van der Waals surface area contributed by atoms with Gasteiger partial charge in [-0.2, -0.15) is 11.8 Å². The van der Waals surface area contributed by atoms with E-state index in [0.717, 1.165) is 17.9 Å². The molecule has 0 aromatic carbocycles. The van der Waals surface area contributed by atoms with E-state index in [-0.39, 0.29) is 0 Å². The van der Waals surface area contributed by atoms with E-state index >= 15 is 0 Å². The molecule has 0 aromatic heterocycles. The SMILES string of the molecule is CCCNC(CSCC)C1CCC(C)CC1. The molecule has 0 heterocycles. The molecule has 2 heteroatoms. The highest BCUT2D eigenvalue weighted by atomic mass is 32.2. The molecular formula is C14H29NS. The number of hydrogen-bond acceptors (Lipinski definition) is 2. The predicted octanol–water partition coefficient (Wildman–Crippen LogP) is 3.93. The van der Waals surface area contributed by atoms with Crippen LogP contribution in [-0.4, -0.2) is 24.1 Å². The average Bonchev–Trinajstić information content (AvgIpc) is 2.31. The Bertz CT molecular complexity index is 156. The van der Waals surface area contributed by atoms with Gasteiger partial charge in [-0.3, -0.25) is 0 Å². The van der Waals surface area contributed by atoms with Gasteiger partial charge in [0.25, 0.3) is 0 Å². The third kappa shape index (κ3) is 5.09. The Morgan fingerprint density at radius 3 is 2.44 bits per heavy atom. The predicted molar refractivity (Wildman–Crippen MR) is 76.2 cm³/mol. The van der Waals surface area contributed by atoms with Crippen molar-refractivity contribution in [3.05, 3.63) is 0 Å². The van der Waals surface area contributed by atoms with Gasteiger partial charge in [0.2, 0.25) is 0 Å². The molecule has 0 amide bonds. The second-order valence-electron chi connectivity index (χ2n) is 5.24. The zero-order valence-electron chi connectivity index (χ0n) is 11.3. The molecule has 1 atom stereocenters. The summed E-state index contributed by atoms with van der Waals surface area (Å²) >= 11 is 2.10. The normalized spacial score (nSPS) is 27.9. The summed E-state index contributed by atoms with van der Waals surface area (Å²) in [6.45, 7) is 8.14. The van der Waals surface area contributed by atoms with Crippen LogP contribution < -0.4 is 5.32 Å². The van der Waals surface area contributed by atoms with E-state index in [2.05, 4.69) is 37.8 Å². The Labute approximate surface area is 106 Å². The van der Waals surface area contributed by atoms with Gasteiger partial charge >= 0.3 is 0 Å². The van der Waals surface area contributed by atoms with Crippen molar-refractivity contribution in [3.63, 3.8) is 0 Å². The summed E-state index contributed by atoms with van der Waals surface area (Å²) in [6.07, 6.45) is 7.06. The molecule has 1 unspecified atom stereocenters. The van der Waals surface area contributed by atoms with Gasteiger partial charge in [0.1, 0.15) is 0 Å². The molecule has 1 N–H and O–H groups in total. The van der Waals surface area contributed by atoms with Crippen LogP contribution in [0.15, 0.2) is 0 Å². The topological polar surface area (TPSA) is 12.0 Å². The maximum atomic E-state index is 3.77. The first kappa shape index (κ1) is 14.4. The molecule has 0 aliphatic heterocycles. The van der Waals surface area contributed by atoms with Gasteiger partial charge in [-0.05, 0) is 43.4 Å². The van der Waals surface area contributed by atoms with Crippen LogP contribution in [0.1, 0.15) is 52.9 Å². The van der Waals surface area contributed by atoms with Crippen molar-refractivity contribution < 1.29 is 0 Å². The third-order valence-electron chi connectivity index (χ3n) is 3.79. The van der Waals surface area contributed by atoms with Gasteiger partial charge in [-0.15, -0.1) is 0 Å². The van der Waals surface area contributed by atoms with E-state index in [1.54, 1.807) is 0 Å². The maximum Gasteiger partial charge on any atom is 0.0186 e. The van der Waals surface area contributed by atoms with Crippen molar-refractivity contribution >= 4 is 11.8 Å². The van der Waals surface area contributed by atoms with E-state index < -0.39 is 0 Å². The largest absolute Gasteiger partial charge is 0.313 e. The first-order chi connectivity index (χ1) is 7.77. The van der Waals surface area contributed by atoms with Crippen molar-refractivity contribution in [2.75, 3.05) is 18.1 Å². The number of thioether (sulfide) groups is 1. The summed E-state index contributed by atoms with van der Waals surface area (Å²) in [7, 11) is 0. The standard InChI is InChI=1S/C14H29NS/c1-4-10-15-14(11-16-5-2)13-8-6-12(3)7-9-13/h12-15H,4-11H2,1-3H3. The summed E-state index contributed by atoms with van der Waals surface area (Å²) < 4.78 is 0. The quantitative estimate of drug-likeness (QED) is 0.727. The Morgan fingerprint density at radius 2 is 1.88 bits per heavy atom. The molecule has 0 saturated heterocycles. The minimum atomic E-state index is 0.775. The van der Waals surface area contributed by atoms with Gasteiger partial charge in [-0.25, -0.2) is 0 Å². The van der Waals surface area contributed by atoms with Gasteiger partial charge in [0, 0.05) is 11.8 Å². The van der Waals surface area contributed by atoms with Crippen LogP contribution in [-0.2, 0) is 0 Å². The van der Waals surface area contributed by atoms with E-state index in [9.17, 15) is 0 Å². The second kappa shape index (κ2) is 8.41. The maximum absolute atomic E-state index is 3.77. The summed E-state index contributed by atoms with van der Waals surface area (Å²) in [5, 5.41) is 3.77. The van der Waals surface area contributed by atoms with Gasteiger partial charge in [-0.1, -0.05) is 33.6 Å². The van der Waals surface area contributed by atoms with Crippen molar-refractivity contribution in [1.29, 1.82) is 0 Å². The fraction of sp³-hybridized carbons (Fsp3) is 1.00. The fourth-order valence-electron chi connectivity index (χ4n) is 2.62. The molecule has 1 rings (SSSR count). The van der Waals surface area contributed by atoms with Crippen LogP contribution in [0, 0.1) is 11.8 Å². The summed E-state index contributed by atoms with van der Waals surface area (Å²) in [5.74, 6) is 4.49. The molecule has 0 bridgehead atoms. The lowest BCUT2D eigenvalue weighted by Crippen LogP contribution is -2.40. The molecule has 96 valence electrons. The summed E-state index contributed by atoms with van der Waals surface area (Å²) in [5.41, 5.74) is 0. The van der Waals surface area contributed by atoms with Crippen LogP contribution in [0.5, 0.6) is 0 Å². The highest BCUT2D eigenvalue weighted by molar-refractivity contribution is 7.99. The van der Waals surface area contributed by atoms with E-state index in [1.807, 2.05) is 0 Å². The van der Waals surface area contributed by atoms with Crippen molar-refractivity contribution in [1.82, 2.24) is 5.32 Å². The summed E-state index contributed by atoms with van der Waals surface area (Å²) in [6, 6.07) is 0.775. The van der Waals surface area contributed by atoms with Crippen molar-refractivity contribution in [2.24, 2.45) is 11.8 Å². The van der Waals surface area contributed by atoms with Gasteiger partial charge in [0.05, 0.1) is 0 Å². The second-order valence-corrected chi connectivity index (χ2v) is 6.56. The van der Waals surface area contributed by atoms with E-state index in [1.165, 1.54) is 50.2 Å². The lowest BCUT2D eigenvalue weighted by atomic mass is 9.79. The smallest absolute Gasteiger partial charge is 0.0186 e. The van der Waals surface area contributed by atoms with Crippen LogP contribution in [0.4, 0.5) is 0 Å². The van der Waals surface area contributed by atoms with Crippen LogP contribution in [0.2, 0.25) is 0 Å². The van der Waals surface area contributed by atoms with Crippen LogP contribution in [0.25, 0.3) is 0 Å². The average molecular weight is 243 g/mol. The lowest BCUT2D eigenvalue weighted by Gasteiger charge is -2.33. The molecule has 1 aliphatic carbocycles. The molecule has 1 aliphatic rings. The third-order valence-corrected chi connectivity index (χ3v) is 4.79. The molecule has 0 radical (unpaired) electrons.